The predicted octanol–water partition coefficient (Wildman–Crippen LogP) is 4.78. The quantitative estimate of drug-likeness (QED) is 0.774. The largest absolute Gasteiger partial charge is 0.466 e. The monoisotopic (exact) mass is 403 g/mol. The van der Waals surface area contributed by atoms with E-state index in [0.29, 0.717) is 16.3 Å². The number of carbonyl (C=O) groups is 2. The highest BCUT2D eigenvalue weighted by Crippen LogP contribution is 2.42. The van der Waals surface area contributed by atoms with Crippen molar-refractivity contribution in [2.45, 2.75) is 39.7 Å². The topological polar surface area (TPSA) is 74.6 Å². The van der Waals surface area contributed by atoms with Crippen molar-refractivity contribution in [3.8, 4) is 0 Å². The van der Waals surface area contributed by atoms with Crippen LogP contribution in [-0.4, -0.2) is 30.9 Å². The number of nitrogens with one attached hydrogen (secondary N) is 2. The number of anilines is 1. The summed E-state index contributed by atoms with van der Waals surface area (Å²) in [6, 6.07) is 6.25. The lowest BCUT2D eigenvalue weighted by Gasteiger charge is -2.34. The Bertz CT molecular complexity index is 918. The molecule has 7 heteroatoms. The van der Waals surface area contributed by atoms with Crippen LogP contribution in [0, 0.1) is 12.3 Å². The van der Waals surface area contributed by atoms with E-state index in [1.807, 2.05) is 13.0 Å². The van der Waals surface area contributed by atoms with E-state index < -0.39 is 0 Å². The van der Waals surface area contributed by atoms with Crippen LogP contribution in [0.1, 0.15) is 53.8 Å². The van der Waals surface area contributed by atoms with Crippen LogP contribution in [0.3, 0.4) is 0 Å². The van der Waals surface area contributed by atoms with E-state index in [1.165, 1.54) is 4.90 Å². The fourth-order valence-electron chi connectivity index (χ4n) is 3.68. The van der Waals surface area contributed by atoms with Gasteiger partial charge in [-0.25, -0.2) is 4.79 Å². The molecule has 1 heterocycles. The molecule has 0 unspecified atom stereocenters. The molecule has 2 aromatic rings. The third-order valence-corrected chi connectivity index (χ3v) is 5.14. The average molecular weight is 404 g/mol. The fraction of sp³-hybridized carbons (Fsp3) is 0.429. The molecule has 0 bridgehead atoms. The molecule has 0 spiro atoms. The van der Waals surface area contributed by atoms with Crippen LogP contribution in [-0.2, 0) is 6.42 Å². The summed E-state index contributed by atoms with van der Waals surface area (Å²) in [7, 11) is 3.32. The smallest absolute Gasteiger partial charge is 0.319 e. The molecule has 1 aromatic heterocycles. The highest BCUT2D eigenvalue weighted by atomic mass is 35.5. The molecule has 1 aliphatic rings. The molecule has 0 saturated heterocycles. The molecule has 6 nitrogen and oxygen atoms in total. The Balaban J connectivity index is 1.82. The molecular formula is C21H26ClN3O3. The maximum atomic E-state index is 12.7. The van der Waals surface area contributed by atoms with Crippen molar-refractivity contribution in [2.24, 2.45) is 5.41 Å². The van der Waals surface area contributed by atoms with Gasteiger partial charge in [-0.05, 0) is 43.0 Å². The number of fused-ring (bicyclic) bond motifs is 1. The van der Waals surface area contributed by atoms with Crippen molar-refractivity contribution in [1.29, 1.82) is 0 Å². The first-order valence-electron chi connectivity index (χ1n) is 9.24. The van der Waals surface area contributed by atoms with Crippen molar-refractivity contribution in [3.63, 3.8) is 0 Å². The number of carbonyl (C=O) groups excluding carboxylic acids is 2. The van der Waals surface area contributed by atoms with E-state index in [9.17, 15) is 9.59 Å². The zero-order chi connectivity index (χ0) is 20.6. The van der Waals surface area contributed by atoms with Gasteiger partial charge in [0.25, 0.3) is 5.91 Å². The summed E-state index contributed by atoms with van der Waals surface area (Å²) in [6.45, 7) is 6.23. The lowest BCUT2D eigenvalue weighted by Crippen LogP contribution is -2.38. The highest BCUT2D eigenvalue weighted by Gasteiger charge is 2.35. The number of nitrogens with zero attached hydrogens (tertiary/aromatic N) is 1. The van der Waals surface area contributed by atoms with E-state index in [4.69, 9.17) is 16.0 Å². The van der Waals surface area contributed by atoms with Gasteiger partial charge in [-0.15, -0.1) is 0 Å². The molecular weight excluding hydrogens is 378 g/mol. The minimum absolute atomic E-state index is 0.0113. The van der Waals surface area contributed by atoms with Gasteiger partial charge in [0.05, 0.1) is 17.3 Å². The van der Waals surface area contributed by atoms with Crippen molar-refractivity contribution in [3.05, 3.63) is 51.9 Å². The van der Waals surface area contributed by atoms with Crippen molar-refractivity contribution in [2.75, 3.05) is 19.4 Å². The second-order valence-corrected chi connectivity index (χ2v) is 8.76. The zero-order valence-electron chi connectivity index (χ0n) is 16.9. The van der Waals surface area contributed by atoms with Gasteiger partial charge in [-0.1, -0.05) is 25.4 Å². The standard InChI is InChI=1S/C21H26ClN3O3/c1-12-8-15-17(10-21(2,3)11-18(15)28-12)24-20(27)23-16-9-13(22)6-7-14(16)19(26)25(4)5/h6-9,17H,10-11H2,1-5H3,(H2,23,24,27)/t17-/m0/s1. The van der Waals surface area contributed by atoms with E-state index in [-0.39, 0.29) is 23.4 Å². The molecule has 3 rings (SSSR count). The van der Waals surface area contributed by atoms with Crippen LogP contribution in [0.25, 0.3) is 0 Å². The minimum Gasteiger partial charge on any atom is -0.466 e. The summed E-state index contributed by atoms with van der Waals surface area (Å²) in [4.78, 5) is 26.6. The summed E-state index contributed by atoms with van der Waals surface area (Å²) in [6.07, 6.45) is 1.64. The molecule has 28 heavy (non-hydrogen) atoms. The third-order valence-electron chi connectivity index (χ3n) is 4.91. The molecule has 150 valence electrons. The molecule has 3 amide bonds. The van der Waals surface area contributed by atoms with E-state index >= 15 is 0 Å². The number of amides is 3. The summed E-state index contributed by atoms with van der Waals surface area (Å²) >= 11 is 6.07. The molecule has 1 aromatic carbocycles. The summed E-state index contributed by atoms with van der Waals surface area (Å²) in [5.74, 6) is 1.55. The molecule has 0 radical (unpaired) electrons. The van der Waals surface area contributed by atoms with Gasteiger partial charge in [0.1, 0.15) is 11.5 Å². The summed E-state index contributed by atoms with van der Waals surface area (Å²) in [5.41, 5.74) is 1.79. The van der Waals surface area contributed by atoms with Crippen molar-refractivity contribution < 1.29 is 14.0 Å². The number of urea groups is 1. The van der Waals surface area contributed by atoms with Gasteiger partial charge in [-0.3, -0.25) is 4.79 Å². The Morgan fingerprint density at radius 3 is 2.64 bits per heavy atom. The first-order valence-corrected chi connectivity index (χ1v) is 9.61. The molecule has 0 saturated carbocycles. The van der Waals surface area contributed by atoms with Crippen molar-refractivity contribution >= 4 is 29.2 Å². The van der Waals surface area contributed by atoms with Crippen LogP contribution in [0.15, 0.2) is 28.7 Å². The number of rotatable bonds is 3. The number of furan rings is 1. The van der Waals surface area contributed by atoms with E-state index in [1.54, 1.807) is 32.3 Å². The van der Waals surface area contributed by atoms with Crippen LogP contribution in [0.5, 0.6) is 0 Å². The van der Waals surface area contributed by atoms with Gasteiger partial charge >= 0.3 is 6.03 Å². The molecule has 0 fully saturated rings. The maximum Gasteiger partial charge on any atom is 0.319 e. The number of aryl methyl sites for hydroxylation is 1. The average Bonchev–Trinajstić information content (AvgIpc) is 2.93. The Labute approximate surface area is 170 Å². The van der Waals surface area contributed by atoms with Gasteiger partial charge < -0.3 is 20.0 Å². The van der Waals surface area contributed by atoms with Gasteiger partial charge in [0.15, 0.2) is 0 Å². The Hall–Kier alpha value is -2.47. The van der Waals surface area contributed by atoms with E-state index in [2.05, 4.69) is 24.5 Å². The molecule has 1 atom stereocenters. The number of hydrogen-bond acceptors (Lipinski definition) is 3. The Morgan fingerprint density at radius 1 is 1.25 bits per heavy atom. The number of hydrogen-bond donors (Lipinski definition) is 2. The number of halogens is 1. The number of benzene rings is 1. The molecule has 2 N–H and O–H groups in total. The maximum absolute atomic E-state index is 12.7. The highest BCUT2D eigenvalue weighted by molar-refractivity contribution is 6.31. The fourth-order valence-corrected chi connectivity index (χ4v) is 3.85. The Kier molecular flexibility index (Phi) is 5.44. The third kappa shape index (κ3) is 4.33. The van der Waals surface area contributed by atoms with Crippen LogP contribution < -0.4 is 10.6 Å². The van der Waals surface area contributed by atoms with Crippen molar-refractivity contribution in [1.82, 2.24) is 10.2 Å². The summed E-state index contributed by atoms with van der Waals surface area (Å²) in [5, 5.41) is 6.26. The van der Waals surface area contributed by atoms with Gasteiger partial charge in [0, 0.05) is 31.1 Å². The lowest BCUT2D eigenvalue weighted by atomic mass is 9.75. The van der Waals surface area contributed by atoms with Gasteiger partial charge in [0.2, 0.25) is 0 Å². The normalized spacial score (nSPS) is 17.6. The Morgan fingerprint density at radius 2 is 1.96 bits per heavy atom. The second-order valence-electron chi connectivity index (χ2n) is 8.32. The second kappa shape index (κ2) is 7.51. The van der Waals surface area contributed by atoms with Crippen LogP contribution >= 0.6 is 11.6 Å². The van der Waals surface area contributed by atoms with E-state index in [0.717, 1.165) is 29.9 Å². The zero-order valence-corrected chi connectivity index (χ0v) is 17.6. The van der Waals surface area contributed by atoms with Gasteiger partial charge in [-0.2, -0.15) is 0 Å². The summed E-state index contributed by atoms with van der Waals surface area (Å²) < 4.78 is 5.82. The van der Waals surface area contributed by atoms with Crippen LogP contribution in [0.2, 0.25) is 5.02 Å². The first-order chi connectivity index (χ1) is 13.1. The first kappa shape index (κ1) is 20.3. The SMILES string of the molecule is Cc1cc2c(o1)CC(C)(C)C[C@@H]2NC(=O)Nc1cc(Cl)ccc1C(=O)N(C)C. The molecule has 1 aliphatic carbocycles. The molecule has 0 aliphatic heterocycles. The predicted molar refractivity (Wildman–Crippen MR) is 110 cm³/mol. The minimum atomic E-state index is -0.387. The van der Waals surface area contributed by atoms with Crippen LogP contribution in [0.4, 0.5) is 10.5 Å². The lowest BCUT2D eigenvalue weighted by molar-refractivity contribution is 0.0828.